The van der Waals surface area contributed by atoms with Crippen LogP contribution in [0.5, 0.6) is 11.5 Å². The van der Waals surface area contributed by atoms with E-state index in [2.05, 4.69) is 20.9 Å². The molecule has 0 fully saturated rings. The number of nitrogens with one attached hydrogen (secondary N) is 3. The van der Waals surface area contributed by atoms with Gasteiger partial charge in [0.1, 0.15) is 0 Å². The van der Waals surface area contributed by atoms with Crippen LogP contribution in [0.1, 0.15) is 27.9 Å². The second-order valence-electron chi connectivity index (χ2n) is 6.71. The van der Waals surface area contributed by atoms with E-state index in [1.54, 1.807) is 14.1 Å². The number of aliphatic imine (C=N–C) groups is 1. The van der Waals surface area contributed by atoms with Gasteiger partial charge in [-0.05, 0) is 41.8 Å². The van der Waals surface area contributed by atoms with E-state index in [1.165, 1.54) is 0 Å². The van der Waals surface area contributed by atoms with Gasteiger partial charge >= 0.3 is 0 Å². The minimum atomic E-state index is -0.0765. The number of carbonyl (C=O) groups is 1. The topological polar surface area (TPSA) is 84.0 Å². The monoisotopic (exact) mass is 396 g/mol. The Morgan fingerprint density at radius 2 is 1.86 bits per heavy atom. The molecule has 0 aromatic heterocycles. The Kier molecular flexibility index (Phi) is 7.33. The van der Waals surface area contributed by atoms with E-state index >= 15 is 0 Å². The minimum Gasteiger partial charge on any atom is -0.490 e. The summed E-state index contributed by atoms with van der Waals surface area (Å²) < 4.78 is 11.4. The Bertz CT molecular complexity index is 867. The third-order valence-corrected chi connectivity index (χ3v) is 4.62. The molecule has 0 saturated carbocycles. The Morgan fingerprint density at radius 3 is 2.66 bits per heavy atom. The number of amides is 1. The molecule has 1 aliphatic heterocycles. The van der Waals surface area contributed by atoms with E-state index in [0.29, 0.717) is 31.9 Å². The molecule has 0 bridgehead atoms. The van der Waals surface area contributed by atoms with Gasteiger partial charge in [-0.15, -0.1) is 0 Å². The summed E-state index contributed by atoms with van der Waals surface area (Å²) in [5, 5.41) is 9.26. The molecule has 3 N–H and O–H groups in total. The lowest BCUT2D eigenvalue weighted by Gasteiger charge is -2.13. The van der Waals surface area contributed by atoms with Crippen LogP contribution in [-0.2, 0) is 13.0 Å². The first-order valence-electron chi connectivity index (χ1n) is 9.83. The molecule has 0 radical (unpaired) electrons. The van der Waals surface area contributed by atoms with Crippen molar-refractivity contribution in [3.8, 4) is 11.5 Å². The van der Waals surface area contributed by atoms with E-state index < -0.39 is 0 Å². The van der Waals surface area contributed by atoms with Crippen LogP contribution in [0.4, 0.5) is 0 Å². The van der Waals surface area contributed by atoms with Crippen LogP contribution in [0.3, 0.4) is 0 Å². The van der Waals surface area contributed by atoms with Crippen LogP contribution in [0.25, 0.3) is 0 Å². The molecule has 1 aliphatic rings. The molecule has 0 atom stereocenters. The third kappa shape index (κ3) is 5.88. The van der Waals surface area contributed by atoms with Gasteiger partial charge in [0.05, 0.1) is 13.2 Å². The molecule has 0 aliphatic carbocycles. The van der Waals surface area contributed by atoms with Crippen molar-refractivity contribution in [2.45, 2.75) is 19.4 Å². The van der Waals surface area contributed by atoms with Gasteiger partial charge in [0.15, 0.2) is 17.5 Å². The molecule has 7 nitrogen and oxygen atoms in total. The molecule has 0 unspecified atom stereocenters. The summed E-state index contributed by atoms with van der Waals surface area (Å²) in [7, 11) is 3.38. The zero-order valence-corrected chi connectivity index (χ0v) is 17.0. The Labute approximate surface area is 171 Å². The highest BCUT2D eigenvalue weighted by Gasteiger charge is 2.11. The number of hydrogen-bond acceptors (Lipinski definition) is 4. The van der Waals surface area contributed by atoms with Crippen LogP contribution in [0.15, 0.2) is 47.5 Å². The van der Waals surface area contributed by atoms with Gasteiger partial charge in [-0.2, -0.15) is 0 Å². The first-order chi connectivity index (χ1) is 14.2. The number of carbonyl (C=O) groups excluding carboxylic acids is 1. The van der Waals surface area contributed by atoms with Crippen LogP contribution in [0.2, 0.25) is 0 Å². The molecule has 0 saturated heterocycles. The number of rotatable bonds is 6. The van der Waals surface area contributed by atoms with Gasteiger partial charge in [-0.3, -0.25) is 9.79 Å². The van der Waals surface area contributed by atoms with Crippen LogP contribution < -0.4 is 25.4 Å². The molecular formula is C22H28N4O3. The maximum absolute atomic E-state index is 11.8. The summed E-state index contributed by atoms with van der Waals surface area (Å²) in [5.74, 6) is 2.24. The highest BCUT2D eigenvalue weighted by Crippen LogP contribution is 2.30. The fourth-order valence-corrected chi connectivity index (χ4v) is 3.06. The fourth-order valence-electron chi connectivity index (χ4n) is 3.06. The second-order valence-corrected chi connectivity index (χ2v) is 6.71. The summed E-state index contributed by atoms with van der Waals surface area (Å²) >= 11 is 0. The average molecular weight is 396 g/mol. The summed E-state index contributed by atoms with van der Waals surface area (Å²) in [6, 6.07) is 13.6. The van der Waals surface area contributed by atoms with Gasteiger partial charge in [-0.25, -0.2) is 0 Å². The number of benzene rings is 2. The molecule has 2 aromatic carbocycles. The van der Waals surface area contributed by atoms with E-state index in [9.17, 15) is 4.79 Å². The minimum absolute atomic E-state index is 0.0765. The van der Waals surface area contributed by atoms with E-state index in [4.69, 9.17) is 9.47 Å². The quantitative estimate of drug-likeness (QED) is 0.515. The summed E-state index contributed by atoms with van der Waals surface area (Å²) in [4.78, 5) is 16.0. The van der Waals surface area contributed by atoms with E-state index in [-0.39, 0.29) is 5.91 Å². The highest BCUT2D eigenvalue weighted by atomic mass is 16.5. The molecule has 2 aromatic rings. The zero-order chi connectivity index (χ0) is 20.5. The lowest BCUT2D eigenvalue weighted by molar-refractivity contribution is 0.0963. The summed E-state index contributed by atoms with van der Waals surface area (Å²) in [6.45, 7) is 2.70. The normalized spacial score (nSPS) is 13.4. The molecule has 0 spiro atoms. The van der Waals surface area contributed by atoms with Crippen molar-refractivity contribution in [3.05, 3.63) is 59.2 Å². The Balaban J connectivity index is 1.49. The van der Waals surface area contributed by atoms with E-state index in [1.807, 2.05) is 42.5 Å². The van der Waals surface area contributed by atoms with Crippen molar-refractivity contribution in [3.63, 3.8) is 0 Å². The van der Waals surface area contributed by atoms with E-state index in [0.717, 1.165) is 41.4 Å². The van der Waals surface area contributed by atoms with Gasteiger partial charge in [0.25, 0.3) is 5.91 Å². The number of fused-ring (bicyclic) bond motifs is 1. The molecular weight excluding hydrogens is 368 g/mol. The highest BCUT2D eigenvalue weighted by molar-refractivity contribution is 5.94. The van der Waals surface area contributed by atoms with Crippen molar-refractivity contribution in [2.75, 3.05) is 33.9 Å². The first-order valence-corrected chi connectivity index (χ1v) is 9.83. The summed E-state index contributed by atoms with van der Waals surface area (Å²) in [6.07, 6.45) is 1.68. The Hall–Kier alpha value is -3.22. The van der Waals surface area contributed by atoms with Crippen molar-refractivity contribution in [1.29, 1.82) is 0 Å². The predicted octanol–water partition coefficient (Wildman–Crippen LogP) is 2.12. The van der Waals surface area contributed by atoms with Crippen molar-refractivity contribution < 1.29 is 14.3 Å². The molecule has 154 valence electrons. The lowest BCUT2D eigenvalue weighted by Crippen LogP contribution is -2.37. The predicted molar refractivity (Wildman–Crippen MR) is 114 cm³/mol. The van der Waals surface area contributed by atoms with Crippen LogP contribution >= 0.6 is 0 Å². The van der Waals surface area contributed by atoms with Crippen LogP contribution in [-0.4, -0.2) is 45.7 Å². The number of guanidine groups is 1. The standard InChI is InChI=1S/C22H28N4O3/c1-23-21(27)18-6-3-5-16(13-18)9-10-25-22(24-2)26-15-17-7-8-19-20(14-17)29-12-4-11-28-19/h3,5-8,13-14H,4,9-12,15H2,1-2H3,(H,23,27)(H2,24,25,26). The average Bonchev–Trinajstić information content (AvgIpc) is 3.00. The molecule has 7 heteroatoms. The maximum Gasteiger partial charge on any atom is 0.251 e. The lowest BCUT2D eigenvalue weighted by atomic mass is 10.1. The molecule has 1 heterocycles. The summed E-state index contributed by atoms with van der Waals surface area (Å²) in [5.41, 5.74) is 2.86. The largest absolute Gasteiger partial charge is 0.490 e. The van der Waals surface area contributed by atoms with Crippen molar-refractivity contribution in [1.82, 2.24) is 16.0 Å². The number of hydrogen-bond donors (Lipinski definition) is 3. The van der Waals surface area contributed by atoms with Crippen LogP contribution in [0, 0.1) is 0 Å². The SMILES string of the molecule is CN=C(NCCc1cccc(C(=O)NC)c1)NCc1ccc2c(c1)OCCCO2. The number of nitrogens with zero attached hydrogens (tertiary/aromatic N) is 1. The van der Waals surface area contributed by atoms with Gasteiger partial charge < -0.3 is 25.4 Å². The second kappa shape index (κ2) is 10.4. The number of ether oxygens (including phenoxy) is 2. The molecule has 29 heavy (non-hydrogen) atoms. The zero-order valence-electron chi connectivity index (χ0n) is 17.0. The van der Waals surface area contributed by atoms with Crippen molar-refractivity contribution >= 4 is 11.9 Å². The van der Waals surface area contributed by atoms with Gasteiger partial charge in [-0.1, -0.05) is 18.2 Å². The van der Waals surface area contributed by atoms with Gasteiger partial charge in [0.2, 0.25) is 0 Å². The maximum atomic E-state index is 11.8. The fraction of sp³-hybridized carbons (Fsp3) is 0.364. The smallest absolute Gasteiger partial charge is 0.251 e. The van der Waals surface area contributed by atoms with Crippen molar-refractivity contribution in [2.24, 2.45) is 4.99 Å². The Morgan fingerprint density at radius 1 is 1.03 bits per heavy atom. The first kappa shape index (κ1) is 20.5. The molecule has 3 rings (SSSR count). The third-order valence-electron chi connectivity index (χ3n) is 4.62. The van der Waals surface area contributed by atoms with Gasteiger partial charge in [0, 0.05) is 39.2 Å². The molecule has 1 amide bonds.